The van der Waals surface area contributed by atoms with Gasteiger partial charge in [0.2, 0.25) is 5.71 Å². The first kappa shape index (κ1) is 14.7. The quantitative estimate of drug-likeness (QED) is 0.525. The molecule has 118 valence electrons. The maximum Gasteiger partial charge on any atom is 0.230 e. The second-order valence-electron chi connectivity index (χ2n) is 5.46. The van der Waals surface area contributed by atoms with Crippen molar-refractivity contribution in [1.29, 1.82) is 0 Å². The van der Waals surface area contributed by atoms with Crippen LogP contribution in [-0.2, 0) is 11.2 Å². The van der Waals surface area contributed by atoms with E-state index < -0.39 is 0 Å². The molecule has 2 aromatic carbocycles. The minimum atomic E-state index is 0.413. The van der Waals surface area contributed by atoms with Crippen LogP contribution >= 0.6 is 11.6 Å². The topological polar surface area (TPSA) is 55.1 Å². The van der Waals surface area contributed by atoms with Crippen molar-refractivity contribution in [3.05, 3.63) is 65.4 Å². The monoisotopic (exact) mass is 336 g/mol. The van der Waals surface area contributed by atoms with Crippen LogP contribution < -0.4 is 5.32 Å². The molecule has 0 spiro atoms. The van der Waals surface area contributed by atoms with Crippen molar-refractivity contribution in [3.8, 4) is 0 Å². The van der Waals surface area contributed by atoms with Crippen LogP contribution in [0.2, 0.25) is 5.02 Å². The fourth-order valence-corrected chi connectivity index (χ4v) is 2.98. The van der Waals surface area contributed by atoms with Crippen LogP contribution in [0.1, 0.15) is 5.56 Å². The number of furan rings is 1. The summed E-state index contributed by atoms with van der Waals surface area (Å²) in [5.74, 6) is 0. The van der Waals surface area contributed by atoms with Gasteiger partial charge in [-0.2, -0.15) is 0 Å². The van der Waals surface area contributed by atoms with Crippen LogP contribution in [0.4, 0.5) is 11.4 Å². The molecule has 0 atom stereocenters. The minimum Gasteiger partial charge on any atom is -0.444 e. The predicted molar refractivity (Wildman–Crippen MR) is 96.0 cm³/mol. The molecule has 5 heteroatoms. The number of pyridine rings is 1. The first-order valence-electron chi connectivity index (χ1n) is 7.51. The molecule has 0 aliphatic carbocycles. The van der Waals surface area contributed by atoms with Crippen LogP contribution in [0.5, 0.6) is 0 Å². The number of nitrogens with one attached hydrogen (secondary N) is 1. The highest BCUT2D eigenvalue weighted by Gasteiger charge is 2.15. The average molecular weight is 337 g/mol. The summed E-state index contributed by atoms with van der Waals surface area (Å²) in [6, 6.07) is 15.5. The molecule has 0 bridgehead atoms. The molecule has 1 N–H and O–H groups in total. The average Bonchev–Trinajstić information content (AvgIpc) is 2.97. The highest BCUT2D eigenvalue weighted by Crippen LogP contribution is 2.38. The van der Waals surface area contributed by atoms with Crippen molar-refractivity contribution in [3.63, 3.8) is 0 Å². The van der Waals surface area contributed by atoms with E-state index >= 15 is 0 Å². The van der Waals surface area contributed by atoms with Gasteiger partial charge in [-0.15, -0.1) is 0 Å². The van der Waals surface area contributed by atoms with E-state index in [1.165, 1.54) is 6.26 Å². The Morgan fingerprint density at radius 3 is 2.71 bits per heavy atom. The van der Waals surface area contributed by atoms with Gasteiger partial charge in [-0.3, -0.25) is 0 Å². The molecule has 0 fully saturated rings. The standard InChI is InChI=1S/C19H13ClN2O2/c20-15-11-24-19-17(15)18(14-3-1-2-4-16(14)22-19)21-13-7-5-12(6-8-13)9-10-23/h1-8,10-11H,9H2,(H,21,22). The van der Waals surface area contributed by atoms with Crippen LogP contribution in [0.25, 0.3) is 22.0 Å². The number of anilines is 2. The Morgan fingerprint density at radius 1 is 1.12 bits per heavy atom. The Kier molecular flexibility index (Phi) is 3.67. The van der Waals surface area contributed by atoms with Crippen LogP contribution in [0.3, 0.4) is 0 Å². The number of fused-ring (bicyclic) bond motifs is 2. The maximum absolute atomic E-state index is 10.6. The Bertz CT molecular complexity index is 1040. The lowest BCUT2D eigenvalue weighted by atomic mass is 10.1. The van der Waals surface area contributed by atoms with Crippen molar-refractivity contribution >= 4 is 51.3 Å². The summed E-state index contributed by atoms with van der Waals surface area (Å²) < 4.78 is 5.46. The molecular weight excluding hydrogens is 324 g/mol. The predicted octanol–water partition coefficient (Wildman–Crippen LogP) is 5.12. The lowest BCUT2D eigenvalue weighted by Crippen LogP contribution is -1.95. The summed E-state index contributed by atoms with van der Waals surface area (Å²) in [5.41, 5.74) is 4.06. The Labute approximate surface area is 143 Å². The number of aldehydes is 1. The number of benzene rings is 2. The molecule has 0 saturated heterocycles. The normalized spacial score (nSPS) is 11.0. The van der Waals surface area contributed by atoms with Gasteiger partial charge in [0.15, 0.2) is 0 Å². The fraction of sp³-hybridized carbons (Fsp3) is 0.0526. The molecule has 0 unspecified atom stereocenters. The summed E-state index contributed by atoms with van der Waals surface area (Å²) in [6.45, 7) is 0. The number of para-hydroxylation sites is 1. The van der Waals surface area contributed by atoms with Gasteiger partial charge in [0.1, 0.15) is 12.5 Å². The van der Waals surface area contributed by atoms with Crippen molar-refractivity contribution < 1.29 is 9.21 Å². The van der Waals surface area contributed by atoms with Gasteiger partial charge in [0.05, 0.1) is 21.6 Å². The molecule has 24 heavy (non-hydrogen) atoms. The molecule has 4 aromatic rings. The number of halogens is 1. The Balaban J connectivity index is 1.86. The van der Waals surface area contributed by atoms with Crippen molar-refractivity contribution in [2.24, 2.45) is 0 Å². The number of nitrogens with zero attached hydrogens (tertiary/aromatic N) is 1. The number of rotatable bonds is 4. The van der Waals surface area contributed by atoms with Gasteiger partial charge in [0.25, 0.3) is 0 Å². The highest BCUT2D eigenvalue weighted by atomic mass is 35.5. The van der Waals surface area contributed by atoms with E-state index in [0.717, 1.165) is 39.5 Å². The van der Waals surface area contributed by atoms with E-state index in [1.807, 2.05) is 48.5 Å². The van der Waals surface area contributed by atoms with E-state index in [9.17, 15) is 4.79 Å². The molecule has 0 aliphatic rings. The Morgan fingerprint density at radius 2 is 1.92 bits per heavy atom. The summed E-state index contributed by atoms with van der Waals surface area (Å²) in [5, 5.41) is 5.65. The third kappa shape index (κ3) is 2.51. The zero-order chi connectivity index (χ0) is 16.5. The van der Waals surface area contributed by atoms with Gasteiger partial charge >= 0.3 is 0 Å². The molecule has 2 heterocycles. The lowest BCUT2D eigenvalue weighted by Gasteiger charge is -2.11. The molecule has 0 saturated carbocycles. The van der Waals surface area contributed by atoms with E-state index in [4.69, 9.17) is 16.0 Å². The van der Waals surface area contributed by atoms with Gasteiger partial charge in [-0.25, -0.2) is 4.98 Å². The van der Waals surface area contributed by atoms with Gasteiger partial charge < -0.3 is 14.5 Å². The van der Waals surface area contributed by atoms with E-state index in [1.54, 1.807) is 0 Å². The number of carbonyl (C=O) groups is 1. The molecular formula is C19H13ClN2O2. The maximum atomic E-state index is 10.6. The third-order valence-corrected chi connectivity index (χ3v) is 4.19. The van der Waals surface area contributed by atoms with Crippen LogP contribution in [-0.4, -0.2) is 11.3 Å². The first-order chi connectivity index (χ1) is 11.8. The second-order valence-corrected chi connectivity index (χ2v) is 5.87. The van der Waals surface area contributed by atoms with Crippen LogP contribution in [0, 0.1) is 0 Å². The number of hydrogen-bond acceptors (Lipinski definition) is 4. The number of aromatic nitrogens is 1. The van der Waals surface area contributed by atoms with Gasteiger partial charge in [-0.05, 0) is 23.8 Å². The van der Waals surface area contributed by atoms with E-state index in [0.29, 0.717) is 17.2 Å². The summed E-state index contributed by atoms with van der Waals surface area (Å²) in [4.78, 5) is 15.1. The smallest absolute Gasteiger partial charge is 0.230 e. The van der Waals surface area contributed by atoms with Crippen molar-refractivity contribution in [1.82, 2.24) is 4.98 Å². The zero-order valence-electron chi connectivity index (χ0n) is 12.6. The molecule has 4 nitrogen and oxygen atoms in total. The molecule has 0 amide bonds. The second kappa shape index (κ2) is 5.98. The van der Waals surface area contributed by atoms with Crippen LogP contribution in [0.15, 0.2) is 59.2 Å². The van der Waals surface area contributed by atoms with E-state index in [-0.39, 0.29) is 0 Å². The number of carbonyl (C=O) groups excluding carboxylic acids is 1. The fourth-order valence-electron chi connectivity index (χ4n) is 2.76. The van der Waals surface area contributed by atoms with E-state index in [2.05, 4.69) is 10.3 Å². The molecule has 0 radical (unpaired) electrons. The first-order valence-corrected chi connectivity index (χ1v) is 7.89. The SMILES string of the molecule is O=CCc1ccc(Nc2c3ccccc3nc3occ(Cl)c23)cc1. The highest BCUT2D eigenvalue weighted by molar-refractivity contribution is 6.37. The minimum absolute atomic E-state index is 0.413. The molecule has 2 aromatic heterocycles. The third-order valence-electron chi connectivity index (χ3n) is 3.91. The molecule has 0 aliphatic heterocycles. The summed E-state index contributed by atoms with van der Waals surface area (Å²) >= 11 is 6.30. The lowest BCUT2D eigenvalue weighted by molar-refractivity contribution is -0.107. The van der Waals surface area contributed by atoms with Crippen molar-refractivity contribution in [2.45, 2.75) is 6.42 Å². The molecule has 4 rings (SSSR count). The summed E-state index contributed by atoms with van der Waals surface area (Å²) in [6.07, 6.45) is 2.81. The summed E-state index contributed by atoms with van der Waals surface area (Å²) in [7, 11) is 0. The Hall–Kier alpha value is -2.85. The van der Waals surface area contributed by atoms with Gasteiger partial charge in [0, 0.05) is 17.5 Å². The van der Waals surface area contributed by atoms with Crippen molar-refractivity contribution in [2.75, 3.05) is 5.32 Å². The van der Waals surface area contributed by atoms with Gasteiger partial charge in [-0.1, -0.05) is 41.9 Å². The zero-order valence-corrected chi connectivity index (χ0v) is 13.4. The largest absolute Gasteiger partial charge is 0.444 e. The number of hydrogen-bond donors (Lipinski definition) is 1.